The van der Waals surface area contributed by atoms with E-state index in [9.17, 15) is 9.59 Å². The summed E-state index contributed by atoms with van der Waals surface area (Å²) in [6.45, 7) is 19.7. The third-order valence-corrected chi connectivity index (χ3v) is 15.9. The predicted octanol–water partition coefficient (Wildman–Crippen LogP) is 4.46. The van der Waals surface area contributed by atoms with E-state index in [0.717, 1.165) is 12.2 Å². The zero-order chi connectivity index (χ0) is 24.5. The van der Waals surface area contributed by atoms with Gasteiger partial charge >= 0.3 is 20.7 Å². The fourth-order valence-corrected chi connectivity index (χ4v) is 17.7. The summed E-state index contributed by atoms with van der Waals surface area (Å²) in [4.78, 5) is 22.4. The molecular formula is C19H42O8Si4. The Kier molecular flexibility index (Phi) is 12.3. The molecule has 0 amide bonds. The van der Waals surface area contributed by atoms with E-state index in [0.29, 0.717) is 19.4 Å². The number of hydrogen-bond acceptors (Lipinski definition) is 7. The molecule has 0 aliphatic carbocycles. The molecule has 8 nitrogen and oxygen atoms in total. The van der Waals surface area contributed by atoms with Crippen molar-refractivity contribution in [2.75, 3.05) is 20.3 Å². The number of esters is 1. The number of carbonyl (C=O) groups is 2. The van der Waals surface area contributed by atoms with Crippen LogP contribution in [0.4, 0.5) is 0 Å². The minimum atomic E-state index is -3.18. The van der Waals surface area contributed by atoms with Crippen LogP contribution >= 0.6 is 0 Å². The zero-order valence-electron chi connectivity index (χ0n) is 20.9. The molecule has 0 aliphatic rings. The maximum absolute atomic E-state index is 11.8. The minimum Gasteiger partial charge on any atom is -0.478 e. The van der Waals surface area contributed by atoms with Gasteiger partial charge < -0.3 is 26.9 Å². The van der Waals surface area contributed by atoms with E-state index in [1.165, 1.54) is 0 Å². The molecule has 0 saturated carbocycles. The monoisotopic (exact) mass is 510 g/mol. The molecule has 1 atom stereocenters. The Hall–Kier alpha value is -0.612. The molecule has 182 valence electrons. The van der Waals surface area contributed by atoms with Crippen LogP contribution in [0, 0.1) is 0 Å². The maximum Gasteiger partial charge on any atom is 0.473 e. The average Bonchev–Trinajstić information content (AvgIpc) is 2.50. The summed E-state index contributed by atoms with van der Waals surface area (Å²) >= 11 is 0. The summed E-state index contributed by atoms with van der Waals surface area (Å²) in [6, 6.07) is 0. The Balaban J connectivity index is 5.94. The number of hydrogen-bond donors (Lipinski definition) is 1. The van der Waals surface area contributed by atoms with E-state index in [1.54, 1.807) is 7.11 Å². The van der Waals surface area contributed by atoms with Gasteiger partial charge in [0.2, 0.25) is 0 Å². The van der Waals surface area contributed by atoms with E-state index < -0.39 is 45.7 Å². The van der Waals surface area contributed by atoms with Crippen LogP contribution in [0.3, 0.4) is 0 Å². The summed E-state index contributed by atoms with van der Waals surface area (Å²) < 4.78 is 31.0. The number of carboxylic acids is 1. The standard InChI is InChI=1S/C19H42O8Si4/c1-23-15-13-17(14-16-24-19(22)12-11-18(20)21)31(25-28(2,3)4,26-29(5,6)7)27-30(8,9)10/h11-12,17H,13-16H2,1-10H3,(H,20,21). The van der Waals surface area contributed by atoms with Gasteiger partial charge in [-0.3, -0.25) is 0 Å². The lowest BCUT2D eigenvalue weighted by Crippen LogP contribution is -2.63. The van der Waals surface area contributed by atoms with Gasteiger partial charge in [0.05, 0.1) is 6.61 Å². The molecular weight excluding hydrogens is 469 g/mol. The zero-order valence-corrected chi connectivity index (χ0v) is 24.9. The van der Waals surface area contributed by atoms with Crippen molar-refractivity contribution in [3.05, 3.63) is 12.2 Å². The molecule has 31 heavy (non-hydrogen) atoms. The molecule has 0 heterocycles. The quantitative estimate of drug-likeness (QED) is 0.196. The molecule has 0 aromatic heterocycles. The van der Waals surface area contributed by atoms with Gasteiger partial charge in [0, 0.05) is 31.4 Å². The van der Waals surface area contributed by atoms with Gasteiger partial charge in [-0.1, -0.05) is 0 Å². The highest BCUT2D eigenvalue weighted by atomic mass is 28.5. The highest BCUT2D eigenvalue weighted by Gasteiger charge is 2.55. The number of aliphatic carboxylic acids is 1. The number of rotatable bonds is 15. The van der Waals surface area contributed by atoms with Gasteiger partial charge in [0.1, 0.15) is 0 Å². The van der Waals surface area contributed by atoms with Crippen LogP contribution in [0.1, 0.15) is 12.8 Å². The average molecular weight is 511 g/mol. The third kappa shape index (κ3) is 15.0. The van der Waals surface area contributed by atoms with Crippen LogP contribution in [0.25, 0.3) is 0 Å². The maximum atomic E-state index is 11.8. The van der Waals surface area contributed by atoms with Crippen LogP contribution in [0.2, 0.25) is 64.5 Å². The van der Waals surface area contributed by atoms with E-state index in [4.69, 9.17) is 26.9 Å². The second-order valence-electron chi connectivity index (χ2n) is 10.4. The van der Waals surface area contributed by atoms with E-state index in [1.807, 2.05) is 0 Å². The molecule has 0 fully saturated rings. The highest BCUT2D eigenvalue weighted by Crippen LogP contribution is 2.38. The molecule has 1 unspecified atom stereocenters. The van der Waals surface area contributed by atoms with Crippen molar-refractivity contribution in [3.63, 3.8) is 0 Å². The summed E-state index contributed by atoms with van der Waals surface area (Å²) in [7, 11) is -7.68. The van der Waals surface area contributed by atoms with E-state index >= 15 is 0 Å². The van der Waals surface area contributed by atoms with Crippen LogP contribution in [0.5, 0.6) is 0 Å². The van der Waals surface area contributed by atoms with Crippen molar-refractivity contribution in [2.24, 2.45) is 0 Å². The molecule has 0 aliphatic heterocycles. The SMILES string of the molecule is COCCC(CCOC(=O)C=CC(=O)O)[Si](O[Si](C)(C)C)(O[Si](C)(C)C)O[Si](C)(C)C. The lowest BCUT2D eigenvalue weighted by Gasteiger charge is -2.46. The van der Waals surface area contributed by atoms with Gasteiger partial charge in [-0.2, -0.15) is 0 Å². The smallest absolute Gasteiger partial charge is 0.473 e. The number of carboxylic acid groups (broad SMARTS) is 1. The van der Waals surface area contributed by atoms with Crippen molar-refractivity contribution in [2.45, 2.75) is 77.3 Å². The van der Waals surface area contributed by atoms with E-state index in [2.05, 4.69) is 58.9 Å². The molecule has 0 aromatic rings. The largest absolute Gasteiger partial charge is 0.478 e. The Bertz CT molecular complexity index is 565. The topological polar surface area (TPSA) is 101 Å². The van der Waals surface area contributed by atoms with Gasteiger partial charge in [-0.15, -0.1) is 0 Å². The summed E-state index contributed by atoms with van der Waals surface area (Å²) in [5.41, 5.74) is -0.103. The van der Waals surface area contributed by atoms with Gasteiger partial charge in [0.25, 0.3) is 0 Å². The van der Waals surface area contributed by atoms with Crippen molar-refractivity contribution in [1.82, 2.24) is 0 Å². The number of methoxy groups -OCH3 is 1. The Morgan fingerprint density at radius 1 is 0.774 bits per heavy atom. The van der Waals surface area contributed by atoms with Crippen molar-refractivity contribution < 1.29 is 36.5 Å². The lowest BCUT2D eigenvalue weighted by molar-refractivity contribution is -0.139. The molecule has 12 heteroatoms. The molecule has 0 saturated heterocycles. The second kappa shape index (κ2) is 12.6. The van der Waals surface area contributed by atoms with Crippen LogP contribution in [-0.2, 0) is 31.4 Å². The van der Waals surface area contributed by atoms with Crippen LogP contribution in [0.15, 0.2) is 12.2 Å². The first-order chi connectivity index (χ1) is 13.9. The summed E-state index contributed by atoms with van der Waals surface area (Å²) in [5.74, 6) is -1.89. The van der Waals surface area contributed by atoms with Crippen LogP contribution < -0.4 is 0 Å². The van der Waals surface area contributed by atoms with Crippen molar-refractivity contribution in [1.29, 1.82) is 0 Å². The normalized spacial score (nSPS) is 14.6. The fraction of sp³-hybridized carbons (Fsp3) is 0.789. The third-order valence-electron chi connectivity index (χ3n) is 3.59. The molecule has 0 aromatic carbocycles. The Morgan fingerprint density at radius 2 is 1.19 bits per heavy atom. The van der Waals surface area contributed by atoms with Crippen molar-refractivity contribution >= 4 is 45.7 Å². The first-order valence-corrected chi connectivity index (χ1v) is 22.6. The predicted molar refractivity (Wildman–Crippen MR) is 132 cm³/mol. The van der Waals surface area contributed by atoms with Crippen molar-refractivity contribution in [3.8, 4) is 0 Å². The molecule has 0 radical (unpaired) electrons. The van der Waals surface area contributed by atoms with Gasteiger partial charge in [0.15, 0.2) is 25.0 Å². The molecule has 0 bridgehead atoms. The van der Waals surface area contributed by atoms with Gasteiger partial charge in [-0.05, 0) is 71.8 Å². The Labute approximate surface area is 192 Å². The minimum absolute atomic E-state index is 0.103. The van der Waals surface area contributed by atoms with Gasteiger partial charge in [-0.25, -0.2) is 9.59 Å². The second-order valence-corrected chi connectivity index (χ2v) is 27.5. The lowest BCUT2D eigenvalue weighted by atomic mass is 10.2. The number of carbonyl (C=O) groups excluding carboxylic acids is 1. The fourth-order valence-electron chi connectivity index (χ4n) is 2.84. The Morgan fingerprint density at radius 3 is 1.55 bits per heavy atom. The summed E-state index contributed by atoms with van der Waals surface area (Å²) in [6.07, 6.45) is 2.82. The first-order valence-electron chi connectivity index (χ1n) is 10.6. The molecule has 0 rings (SSSR count). The molecule has 1 N–H and O–H groups in total. The van der Waals surface area contributed by atoms with E-state index in [-0.39, 0.29) is 12.1 Å². The molecule has 0 spiro atoms. The van der Waals surface area contributed by atoms with Crippen LogP contribution in [-0.4, -0.2) is 71.1 Å². The summed E-state index contributed by atoms with van der Waals surface area (Å²) in [5, 5.41) is 8.66. The number of ether oxygens (including phenoxy) is 2. The first kappa shape index (κ1) is 30.4. The highest BCUT2D eigenvalue weighted by molar-refractivity contribution is 6.90.